The molecule has 0 aliphatic carbocycles. The van der Waals surface area contributed by atoms with E-state index in [1.165, 1.54) is 0 Å². The van der Waals surface area contributed by atoms with Gasteiger partial charge in [0.05, 0.1) is 0 Å². The normalized spacial score (nSPS) is 35.8. The van der Waals surface area contributed by atoms with Gasteiger partial charge in [0.1, 0.15) is 0 Å². The van der Waals surface area contributed by atoms with Crippen molar-refractivity contribution in [3.05, 3.63) is 0 Å². The number of likely N-dealkylation sites (N-methyl/N-ethyl adjacent to an activating group) is 1. The molecule has 1 fully saturated rings. The Kier molecular flexibility index (Phi) is 1.38. The van der Waals surface area contributed by atoms with E-state index in [1.54, 1.807) is 0 Å². The van der Waals surface area contributed by atoms with Gasteiger partial charge in [0, 0.05) is 19.5 Å². The molecule has 0 bridgehead atoms. The van der Waals surface area contributed by atoms with Crippen molar-refractivity contribution in [2.75, 3.05) is 20.1 Å². The molecule has 2 heterocycles. The van der Waals surface area contributed by atoms with Crippen LogP contribution < -0.4 is 5.73 Å². The van der Waals surface area contributed by atoms with E-state index >= 15 is 0 Å². The van der Waals surface area contributed by atoms with Crippen LogP contribution >= 0.6 is 0 Å². The molecular weight excluding hydrogens is 158 g/mol. The van der Waals surface area contributed by atoms with Gasteiger partial charge in [0.2, 0.25) is 5.60 Å². The third kappa shape index (κ3) is 0.896. The first-order chi connectivity index (χ1) is 5.62. The lowest BCUT2D eigenvalue weighted by Crippen LogP contribution is -2.40. The number of amidine groups is 1. The Bertz CT molecular complexity index is 263. The quantitative estimate of drug-likeness (QED) is 0.501. The maximum absolute atomic E-state index is 11.3. The molecule has 1 saturated heterocycles. The highest BCUT2D eigenvalue weighted by Gasteiger charge is 2.50. The van der Waals surface area contributed by atoms with Crippen molar-refractivity contribution in [2.24, 2.45) is 10.7 Å². The molecule has 1 unspecified atom stereocenters. The van der Waals surface area contributed by atoms with E-state index < -0.39 is 5.60 Å². The number of ether oxygens (including phenoxy) is 1. The number of rotatable bonds is 0. The van der Waals surface area contributed by atoms with E-state index in [0.717, 1.165) is 6.54 Å². The number of likely N-dealkylation sites (tertiary alicyclic amines) is 1. The third-order valence-corrected chi connectivity index (χ3v) is 2.32. The zero-order valence-electron chi connectivity index (χ0n) is 6.91. The smallest absolute Gasteiger partial charge is 0.295 e. The Morgan fingerprint density at radius 3 is 2.92 bits per heavy atom. The lowest BCUT2D eigenvalue weighted by atomic mass is 10.0. The number of nitrogens with two attached hydrogens (primary N) is 1. The minimum Gasteiger partial charge on any atom is -0.447 e. The summed E-state index contributed by atoms with van der Waals surface area (Å²) in [6.07, 6.45) is 0.687. The van der Waals surface area contributed by atoms with Crippen LogP contribution in [0.2, 0.25) is 0 Å². The fraction of sp³-hybridized carbons (Fsp3) is 0.714. The van der Waals surface area contributed by atoms with Crippen molar-refractivity contribution in [1.29, 1.82) is 0 Å². The van der Waals surface area contributed by atoms with Crippen LogP contribution in [0.5, 0.6) is 0 Å². The lowest BCUT2D eigenvalue weighted by Gasteiger charge is -2.19. The van der Waals surface area contributed by atoms with Crippen LogP contribution in [-0.4, -0.2) is 42.6 Å². The number of nitrogens with zero attached hydrogens (tertiary/aromatic N) is 2. The summed E-state index contributed by atoms with van der Waals surface area (Å²) in [6, 6.07) is 0.00954. The van der Waals surface area contributed by atoms with Crippen molar-refractivity contribution in [1.82, 2.24) is 4.90 Å². The van der Waals surface area contributed by atoms with E-state index in [1.807, 2.05) is 11.9 Å². The molecule has 1 spiro atoms. The van der Waals surface area contributed by atoms with Gasteiger partial charge in [-0.15, -0.1) is 0 Å². The molecule has 0 saturated carbocycles. The van der Waals surface area contributed by atoms with Crippen LogP contribution in [0.1, 0.15) is 6.42 Å². The molecule has 5 heteroatoms. The topological polar surface area (TPSA) is 67.9 Å². The molecule has 1 amide bonds. The van der Waals surface area contributed by atoms with Crippen molar-refractivity contribution >= 4 is 11.9 Å². The Hall–Kier alpha value is -1.10. The fourth-order valence-electron chi connectivity index (χ4n) is 1.69. The minimum atomic E-state index is -0.751. The predicted octanol–water partition coefficient (Wildman–Crippen LogP) is -1.07. The predicted molar refractivity (Wildman–Crippen MR) is 42.6 cm³/mol. The van der Waals surface area contributed by atoms with Gasteiger partial charge in [-0.2, -0.15) is 4.99 Å². The van der Waals surface area contributed by atoms with Crippen LogP contribution in [0.15, 0.2) is 4.99 Å². The third-order valence-electron chi connectivity index (χ3n) is 2.32. The SMILES string of the molecule is CN1CCC2(C1)OC(N)=NC2=O. The van der Waals surface area contributed by atoms with Gasteiger partial charge in [-0.1, -0.05) is 0 Å². The van der Waals surface area contributed by atoms with Crippen LogP contribution in [-0.2, 0) is 9.53 Å². The highest BCUT2D eigenvalue weighted by Crippen LogP contribution is 2.29. The average Bonchev–Trinajstić information content (AvgIpc) is 2.43. The molecule has 12 heavy (non-hydrogen) atoms. The van der Waals surface area contributed by atoms with Gasteiger partial charge < -0.3 is 15.4 Å². The summed E-state index contributed by atoms with van der Waals surface area (Å²) in [6.45, 7) is 1.45. The molecule has 2 aliphatic rings. The molecule has 2 N–H and O–H groups in total. The molecule has 2 rings (SSSR count). The van der Waals surface area contributed by atoms with E-state index in [0.29, 0.717) is 13.0 Å². The molecule has 0 radical (unpaired) electrons. The molecule has 1 atom stereocenters. The van der Waals surface area contributed by atoms with E-state index in [4.69, 9.17) is 10.5 Å². The maximum atomic E-state index is 11.3. The zero-order chi connectivity index (χ0) is 8.77. The van der Waals surface area contributed by atoms with Gasteiger partial charge in [0.25, 0.3) is 11.9 Å². The highest BCUT2D eigenvalue weighted by molar-refractivity contribution is 6.01. The Morgan fingerprint density at radius 1 is 1.75 bits per heavy atom. The molecule has 5 nitrogen and oxygen atoms in total. The molecular formula is C7H11N3O2. The molecule has 2 aliphatic heterocycles. The number of hydrogen-bond donors (Lipinski definition) is 1. The van der Waals surface area contributed by atoms with E-state index in [2.05, 4.69) is 4.99 Å². The summed E-state index contributed by atoms with van der Waals surface area (Å²) < 4.78 is 5.23. The van der Waals surface area contributed by atoms with Crippen LogP contribution in [0, 0.1) is 0 Å². The Labute approximate surface area is 70.2 Å². The van der Waals surface area contributed by atoms with E-state index in [9.17, 15) is 4.79 Å². The monoisotopic (exact) mass is 169 g/mol. The first-order valence-corrected chi connectivity index (χ1v) is 3.89. The summed E-state index contributed by atoms with van der Waals surface area (Å²) >= 11 is 0. The van der Waals surface area contributed by atoms with Gasteiger partial charge in [0.15, 0.2) is 0 Å². The van der Waals surface area contributed by atoms with Crippen molar-refractivity contribution < 1.29 is 9.53 Å². The van der Waals surface area contributed by atoms with Gasteiger partial charge in [-0.25, -0.2) is 0 Å². The summed E-state index contributed by atoms with van der Waals surface area (Å²) in [4.78, 5) is 16.9. The molecule has 66 valence electrons. The number of amides is 1. The first-order valence-electron chi connectivity index (χ1n) is 3.89. The summed E-state index contributed by atoms with van der Waals surface area (Å²) in [7, 11) is 1.94. The average molecular weight is 169 g/mol. The molecule has 0 aromatic rings. The van der Waals surface area contributed by atoms with Gasteiger partial charge in [-0.05, 0) is 7.05 Å². The van der Waals surface area contributed by atoms with E-state index in [-0.39, 0.29) is 11.9 Å². The van der Waals surface area contributed by atoms with Crippen LogP contribution in [0.4, 0.5) is 0 Å². The Morgan fingerprint density at radius 2 is 2.50 bits per heavy atom. The van der Waals surface area contributed by atoms with Gasteiger partial charge >= 0.3 is 0 Å². The number of hydrogen-bond acceptors (Lipinski definition) is 4. The molecule has 0 aromatic carbocycles. The Balaban J connectivity index is 2.21. The van der Waals surface area contributed by atoms with Crippen molar-refractivity contribution in [3.63, 3.8) is 0 Å². The number of carbonyl (C=O) groups excluding carboxylic acids is 1. The fourth-order valence-corrected chi connectivity index (χ4v) is 1.69. The highest BCUT2D eigenvalue weighted by atomic mass is 16.5. The van der Waals surface area contributed by atoms with Gasteiger partial charge in [-0.3, -0.25) is 4.79 Å². The minimum absolute atomic E-state index is 0.00954. The maximum Gasteiger partial charge on any atom is 0.295 e. The standard InChI is InChI=1S/C7H11N3O2/c1-10-3-2-7(4-10)5(11)9-6(8)12-7/h2-4H2,1H3,(H2,8,9,11). The number of aliphatic imine (C=N–C) groups is 1. The van der Waals surface area contributed by atoms with Crippen molar-refractivity contribution in [2.45, 2.75) is 12.0 Å². The summed E-state index contributed by atoms with van der Waals surface area (Å²) in [5, 5.41) is 0. The summed E-state index contributed by atoms with van der Waals surface area (Å²) in [5.74, 6) is -0.232. The second-order valence-electron chi connectivity index (χ2n) is 3.34. The largest absolute Gasteiger partial charge is 0.447 e. The second kappa shape index (κ2) is 2.20. The first kappa shape index (κ1) is 7.54. The van der Waals surface area contributed by atoms with Crippen molar-refractivity contribution in [3.8, 4) is 0 Å². The van der Waals surface area contributed by atoms with Crippen LogP contribution in [0.25, 0.3) is 0 Å². The number of carbonyl (C=O) groups is 1. The van der Waals surface area contributed by atoms with Crippen LogP contribution in [0.3, 0.4) is 0 Å². The summed E-state index contributed by atoms with van der Waals surface area (Å²) in [5.41, 5.74) is 4.56. The second-order valence-corrected chi connectivity index (χ2v) is 3.34. The lowest BCUT2D eigenvalue weighted by molar-refractivity contribution is -0.129. The molecule has 0 aromatic heterocycles. The zero-order valence-corrected chi connectivity index (χ0v) is 6.91.